The molecule has 1 N–H and O–H groups in total. The number of sulfonamides is 1. The van der Waals surface area contributed by atoms with Crippen LogP contribution >= 0.6 is 0 Å². The number of nitrogens with one attached hydrogen (secondary N) is 1. The van der Waals surface area contributed by atoms with Gasteiger partial charge in [-0.05, 0) is 69.5 Å². The molecule has 0 bridgehead atoms. The van der Waals surface area contributed by atoms with Crippen molar-refractivity contribution < 1.29 is 22.4 Å². The number of amides is 2. The Labute approximate surface area is 200 Å². The van der Waals surface area contributed by atoms with Gasteiger partial charge in [-0.25, -0.2) is 12.8 Å². The van der Waals surface area contributed by atoms with Crippen LogP contribution in [0.4, 0.5) is 10.1 Å². The zero-order valence-electron chi connectivity index (χ0n) is 19.7. The number of hydrogen-bond acceptors (Lipinski definition) is 4. The maximum Gasteiger partial charge on any atom is 0.247 e. The molecule has 1 saturated carbocycles. The van der Waals surface area contributed by atoms with E-state index in [4.69, 9.17) is 0 Å². The van der Waals surface area contributed by atoms with E-state index in [2.05, 4.69) is 5.32 Å². The van der Waals surface area contributed by atoms with Gasteiger partial charge in [-0.15, -0.1) is 0 Å². The lowest BCUT2D eigenvalue weighted by molar-refractivity contribution is -0.133. The zero-order chi connectivity index (χ0) is 24.7. The Hall–Kier alpha value is -2.78. The van der Waals surface area contributed by atoms with Crippen LogP contribution in [0.1, 0.15) is 43.7 Å². The molecule has 0 radical (unpaired) electrons. The van der Waals surface area contributed by atoms with Gasteiger partial charge in [0.1, 0.15) is 11.4 Å². The fourth-order valence-electron chi connectivity index (χ4n) is 4.85. The van der Waals surface area contributed by atoms with Crippen LogP contribution in [0.3, 0.4) is 0 Å². The third-order valence-electron chi connectivity index (χ3n) is 6.78. The molecule has 7 nitrogen and oxygen atoms in total. The van der Waals surface area contributed by atoms with Crippen LogP contribution in [-0.2, 0) is 19.6 Å². The van der Waals surface area contributed by atoms with E-state index in [1.807, 2.05) is 6.92 Å². The van der Waals surface area contributed by atoms with E-state index in [-0.39, 0.29) is 17.5 Å². The molecular formula is C25H30FN3O4S. The fraction of sp³-hybridized carbons (Fsp3) is 0.440. The van der Waals surface area contributed by atoms with Gasteiger partial charge in [0.15, 0.2) is 0 Å². The van der Waals surface area contributed by atoms with Crippen LogP contribution in [-0.4, -0.2) is 49.2 Å². The van der Waals surface area contributed by atoms with E-state index in [1.165, 1.54) is 35.2 Å². The highest BCUT2D eigenvalue weighted by Crippen LogP contribution is 2.35. The Morgan fingerprint density at radius 3 is 2.35 bits per heavy atom. The van der Waals surface area contributed by atoms with Crippen LogP contribution in [0.5, 0.6) is 0 Å². The number of halogens is 1. The quantitative estimate of drug-likeness (QED) is 0.701. The van der Waals surface area contributed by atoms with Crippen molar-refractivity contribution in [1.29, 1.82) is 0 Å². The highest BCUT2D eigenvalue weighted by Gasteiger charge is 2.51. The van der Waals surface area contributed by atoms with Crippen molar-refractivity contribution in [3.05, 3.63) is 59.4 Å². The second kappa shape index (κ2) is 9.11. The summed E-state index contributed by atoms with van der Waals surface area (Å²) >= 11 is 0. The number of benzene rings is 2. The van der Waals surface area contributed by atoms with Crippen molar-refractivity contribution in [3.8, 4) is 0 Å². The summed E-state index contributed by atoms with van der Waals surface area (Å²) in [6.45, 7) is 4.46. The second-order valence-corrected chi connectivity index (χ2v) is 11.4. The average Bonchev–Trinajstić information content (AvgIpc) is 3.28. The zero-order valence-corrected chi connectivity index (χ0v) is 20.5. The van der Waals surface area contributed by atoms with Crippen molar-refractivity contribution >= 4 is 27.5 Å². The van der Waals surface area contributed by atoms with E-state index in [1.54, 1.807) is 26.0 Å². The van der Waals surface area contributed by atoms with Crippen molar-refractivity contribution in [3.63, 3.8) is 0 Å². The van der Waals surface area contributed by atoms with Gasteiger partial charge < -0.3 is 5.32 Å². The van der Waals surface area contributed by atoms with Crippen LogP contribution in [0.2, 0.25) is 0 Å². The third kappa shape index (κ3) is 4.46. The minimum atomic E-state index is -4.02. The minimum Gasteiger partial charge on any atom is -0.351 e. The van der Waals surface area contributed by atoms with Crippen molar-refractivity contribution in [2.75, 3.05) is 18.0 Å². The summed E-state index contributed by atoms with van der Waals surface area (Å²) in [5.41, 5.74) is 0.275. The first-order valence-electron chi connectivity index (χ1n) is 11.5. The van der Waals surface area contributed by atoms with E-state index in [0.717, 1.165) is 35.6 Å². The topological polar surface area (TPSA) is 86.8 Å². The van der Waals surface area contributed by atoms with Gasteiger partial charge in [-0.3, -0.25) is 14.5 Å². The molecule has 9 heteroatoms. The lowest BCUT2D eigenvalue weighted by atomic mass is 9.93. The molecule has 0 spiro atoms. The molecule has 2 aliphatic rings. The van der Waals surface area contributed by atoms with Gasteiger partial charge in [0.05, 0.1) is 11.4 Å². The lowest BCUT2D eigenvalue weighted by Gasteiger charge is -2.47. The SMILES string of the molecule is Cc1ccc(S(=O)(=O)N2CC(=O)N(c3ccc(F)cc3C)[C@](C)(C(=O)NC3CCCC3)C2)cc1. The first kappa shape index (κ1) is 24.3. The molecule has 2 amide bonds. The molecule has 2 fully saturated rings. The molecule has 1 aliphatic carbocycles. The van der Waals surface area contributed by atoms with Crippen molar-refractivity contribution in [1.82, 2.24) is 9.62 Å². The predicted octanol–water partition coefficient (Wildman–Crippen LogP) is 3.30. The standard InChI is InChI=1S/C25H30FN3O4S/c1-17-8-11-21(12-9-17)34(32,33)28-15-23(30)29(22-13-10-19(26)14-18(22)2)25(3,16-28)24(31)27-20-6-4-5-7-20/h8-14,20H,4-7,15-16H2,1-3H3,(H,27,31)/t25-/m0/s1. The van der Waals surface area contributed by atoms with Crippen LogP contribution in [0, 0.1) is 19.7 Å². The summed E-state index contributed by atoms with van der Waals surface area (Å²) in [5, 5.41) is 3.03. The van der Waals surface area contributed by atoms with Crippen molar-refractivity contribution in [2.45, 2.75) is 62.9 Å². The molecule has 4 rings (SSSR count). The number of hydrogen-bond donors (Lipinski definition) is 1. The third-order valence-corrected chi connectivity index (χ3v) is 8.58. The molecule has 1 saturated heterocycles. The van der Waals surface area contributed by atoms with Gasteiger partial charge >= 0.3 is 0 Å². The van der Waals surface area contributed by atoms with Gasteiger partial charge in [0.2, 0.25) is 21.8 Å². The smallest absolute Gasteiger partial charge is 0.247 e. The van der Waals surface area contributed by atoms with Crippen LogP contribution < -0.4 is 10.2 Å². The highest BCUT2D eigenvalue weighted by molar-refractivity contribution is 7.89. The molecule has 34 heavy (non-hydrogen) atoms. The second-order valence-electron chi connectivity index (χ2n) is 9.47. The highest BCUT2D eigenvalue weighted by atomic mass is 32.2. The Morgan fingerprint density at radius 2 is 1.74 bits per heavy atom. The maximum atomic E-state index is 13.8. The van der Waals surface area contributed by atoms with E-state index < -0.39 is 39.7 Å². The summed E-state index contributed by atoms with van der Waals surface area (Å²) in [6, 6.07) is 10.4. The number of carbonyl (C=O) groups excluding carboxylic acids is 2. The molecule has 1 heterocycles. The molecule has 182 valence electrons. The van der Waals surface area contributed by atoms with Gasteiger partial charge in [-0.1, -0.05) is 30.5 Å². The van der Waals surface area contributed by atoms with E-state index >= 15 is 0 Å². The maximum absolute atomic E-state index is 13.8. The van der Waals surface area contributed by atoms with Crippen LogP contribution in [0.15, 0.2) is 47.4 Å². The number of carbonyl (C=O) groups is 2. The number of aryl methyl sites for hydroxylation is 2. The Morgan fingerprint density at radius 1 is 1.09 bits per heavy atom. The first-order valence-corrected chi connectivity index (χ1v) is 12.9. The largest absolute Gasteiger partial charge is 0.351 e. The van der Waals surface area contributed by atoms with E-state index in [0.29, 0.717) is 11.3 Å². The average molecular weight is 488 g/mol. The molecule has 0 unspecified atom stereocenters. The number of rotatable bonds is 5. The number of nitrogens with zero attached hydrogens (tertiary/aromatic N) is 2. The lowest BCUT2D eigenvalue weighted by Crippen LogP contribution is -2.70. The molecular weight excluding hydrogens is 457 g/mol. The Kier molecular flexibility index (Phi) is 6.52. The summed E-state index contributed by atoms with van der Waals surface area (Å²) < 4.78 is 41.7. The first-order chi connectivity index (χ1) is 16.0. The summed E-state index contributed by atoms with van der Waals surface area (Å²) in [6.07, 6.45) is 3.71. The fourth-order valence-corrected chi connectivity index (χ4v) is 6.33. The predicted molar refractivity (Wildman–Crippen MR) is 127 cm³/mol. The number of anilines is 1. The summed E-state index contributed by atoms with van der Waals surface area (Å²) in [7, 11) is -4.02. The normalized spacial score (nSPS) is 22.2. The number of piperazine rings is 1. The summed E-state index contributed by atoms with van der Waals surface area (Å²) in [4.78, 5) is 28.5. The van der Waals surface area contributed by atoms with E-state index in [9.17, 15) is 22.4 Å². The van der Waals surface area contributed by atoms with Crippen molar-refractivity contribution in [2.24, 2.45) is 0 Å². The molecule has 2 aromatic carbocycles. The van der Waals surface area contributed by atoms with Gasteiger partial charge in [0, 0.05) is 18.3 Å². The monoisotopic (exact) mass is 487 g/mol. The Bertz CT molecular complexity index is 1210. The molecule has 0 aromatic heterocycles. The van der Waals surface area contributed by atoms with Crippen LogP contribution in [0.25, 0.3) is 0 Å². The Balaban J connectivity index is 1.75. The molecule has 1 atom stereocenters. The van der Waals surface area contributed by atoms with Gasteiger partial charge in [0.25, 0.3) is 0 Å². The molecule has 1 aliphatic heterocycles. The van der Waals surface area contributed by atoms with Gasteiger partial charge in [-0.2, -0.15) is 4.31 Å². The minimum absolute atomic E-state index is 0.0142. The summed E-state index contributed by atoms with van der Waals surface area (Å²) in [5.74, 6) is -1.41. The molecule has 2 aromatic rings.